The predicted octanol–water partition coefficient (Wildman–Crippen LogP) is 1.88. The van der Waals surface area contributed by atoms with Gasteiger partial charge in [0.1, 0.15) is 5.76 Å². The second kappa shape index (κ2) is 5.57. The van der Waals surface area contributed by atoms with Crippen molar-refractivity contribution in [3.63, 3.8) is 0 Å². The molecule has 0 atom stereocenters. The number of carbonyl (C=O) groups excluding carboxylic acids is 1. The lowest BCUT2D eigenvalue weighted by atomic mass is 10.2. The molecule has 0 unspecified atom stereocenters. The molecule has 0 aliphatic heterocycles. The molecule has 1 aromatic carbocycles. The molecule has 0 saturated heterocycles. The molecule has 0 saturated carbocycles. The normalized spacial score (nSPS) is 11.2. The fourth-order valence-corrected chi connectivity index (χ4v) is 2.57. The van der Waals surface area contributed by atoms with E-state index >= 15 is 0 Å². The highest BCUT2D eigenvalue weighted by atomic mass is 32.2. The summed E-state index contributed by atoms with van der Waals surface area (Å²) in [7, 11) is -2.67. The number of benzene rings is 1. The number of anilines is 1. The van der Waals surface area contributed by atoms with Gasteiger partial charge in [-0.05, 0) is 32.0 Å². The Morgan fingerprint density at radius 2 is 2.05 bits per heavy atom. The van der Waals surface area contributed by atoms with E-state index in [9.17, 15) is 13.2 Å². The molecule has 0 amide bonds. The first-order valence-corrected chi connectivity index (χ1v) is 7.47. The number of nitrogens with one attached hydrogen (secondary N) is 1. The summed E-state index contributed by atoms with van der Waals surface area (Å²) in [4.78, 5) is 15.3. The highest BCUT2D eigenvalue weighted by Gasteiger charge is 2.19. The zero-order chi connectivity index (χ0) is 15.6. The minimum absolute atomic E-state index is 0.0843. The van der Waals surface area contributed by atoms with E-state index in [0.29, 0.717) is 11.5 Å². The third-order valence-corrected chi connectivity index (χ3v) is 4.13. The molecule has 1 heterocycles. The Morgan fingerprint density at radius 1 is 1.33 bits per heavy atom. The standard InChI is InChI=1S/C13H14N2O5S/c1-8-9(2)20-13(14-8)15-21(17,18)11-6-4-5-10(7-11)12(16)19-3/h4-7H,1-3H3,(H,14,15). The molecule has 0 bridgehead atoms. The Hall–Kier alpha value is -2.35. The largest absolute Gasteiger partial charge is 0.465 e. The van der Waals surface area contributed by atoms with Crippen LogP contribution in [-0.4, -0.2) is 26.5 Å². The Bertz CT molecular complexity index is 760. The van der Waals surface area contributed by atoms with Crippen LogP contribution in [0.15, 0.2) is 33.6 Å². The van der Waals surface area contributed by atoms with Crippen molar-refractivity contribution in [3.05, 3.63) is 41.3 Å². The molecular weight excluding hydrogens is 296 g/mol. The van der Waals surface area contributed by atoms with E-state index in [-0.39, 0.29) is 16.5 Å². The van der Waals surface area contributed by atoms with Crippen LogP contribution in [0.3, 0.4) is 0 Å². The molecule has 8 heteroatoms. The van der Waals surface area contributed by atoms with Gasteiger partial charge in [0.05, 0.1) is 23.3 Å². The highest BCUT2D eigenvalue weighted by molar-refractivity contribution is 7.92. The van der Waals surface area contributed by atoms with Gasteiger partial charge in [-0.2, -0.15) is 4.98 Å². The number of esters is 1. The predicted molar refractivity (Wildman–Crippen MR) is 74.6 cm³/mol. The summed E-state index contributed by atoms with van der Waals surface area (Å²) in [6.07, 6.45) is 0. The van der Waals surface area contributed by atoms with E-state index in [4.69, 9.17) is 4.42 Å². The molecule has 21 heavy (non-hydrogen) atoms. The fraction of sp³-hybridized carbons (Fsp3) is 0.231. The molecule has 0 radical (unpaired) electrons. The number of ether oxygens (including phenoxy) is 1. The number of hydrogen-bond acceptors (Lipinski definition) is 6. The van der Waals surface area contributed by atoms with Crippen LogP contribution >= 0.6 is 0 Å². The van der Waals surface area contributed by atoms with Crippen molar-refractivity contribution in [3.8, 4) is 0 Å². The minimum Gasteiger partial charge on any atom is -0.465 e. The highest BCUT2D eigenvalue weighted by Crippen LogP contribution is 2.19. The van der Waals surface area contributed by atoms with Crippen molar-refractivity contribution >= 4 is 22.0 Å². The topological polar surface area (TPSA) is 98.5 Å². The summed E-state index contributed by atoms with van der Waals surface area (Å²) in [6, 6.07) is 5.37. The van der Waals surface area contributed by atoms with Gasteiger partial charge in [-0.15, -0.1) is 0 Å². The average molecular weight is 310 g/mol. The fourth-order valence-electron chi connectivity index (χ4n) is 1.60. The number of oxazole rings is 1. The van der Waals surface area contributed by atoms with E-state index in [1.165, 1.54) is 31.4 Å². The zero-order valence-electron chi connectivity index (χ0n) is 11.7. The summed E-state index contributed by atoms with van der Waals surface area (Å²) in [5.41, 5.74) is 0.733. The number of methoxy groups -OCH3 is 1. The second-order valence-electron chi connectivity index (χ2n) is 4.29. The van der Waals surface area contributed by atoms with E-state index in [0.717, 1.165) is 0 Å². The Balaban J connectivity index is 2.33. The number of carbonyl (C=O) groups is 1. The van der Waals surface area contributed by atoms with Crippen LogP contribution in [0.25, 0.3) is 0 Å². The Kier molecular flexibility index (Phi) is 3.99. The van der Waals surface area contributed by atoms with E-state index in [1.807, 2.05) is 0 Å². The molecule has 112 valence electrons. The number of nitrogens with zero attached hydrogens (tertiary/aromatic N) is 1. The van der Waals surface area contributed by atoms with Gasteiger partial charge in [-0.1, -0.05) is 6.07 Å². The van der Waals surface area contributed by atoms with Crippen molar-refractivity contribution in [2.45, 2.75) is 18.7 Å². The van der Waals surface area contributed by atoms with Gasteiger partial charge in [-0.3, -0.25) is 0 Å². The number of rotatable bonds is 4. The summed E-state index contributed by atoms with van der Waals surface area (Å²) in [5.74, 6) is -0.0918. The van der Waals surface area contributed by atoms with Crippen LogP contribution in [-0.2, 0) is 14.8 Å². The third kappa shape index (κ3) is 3.22. The minimum atomic E-state index is -3.90. The van der Waals surface area contributed by atoms with E-state index in [1.54, 1.807) is 13.8 Å². The van der Waals surface area contributed by atoms with Gasteiger partial charge in [0, 0.05) is 0 Å². The van der Waals surface area contributed by atoms with Crippen molar-refractivity contribution < 1.29 is 22.4 Å². The lowest BCUT2D eigenvalue weighted by Gasteiger charge is -2.06. The van der Waals surface area contributed by atoms with Crippen LogP contribution < -0.4 is 4.72 Å². The molecule has 1 aromatic heterocycles. The summed E-state index contributed by atoms with van der Waals surface area (Å²) in [5, 5.41) is 0. The summed E-state index contributed by atoms with van der Waals surface area (Å²) < 4.78 is 36.4. The van der Waals surface area contributed by atoms with Crippen LogP contribution in [0.5, 0.6) is 0 Å². The van der Waals surface area contributed by atoms with Crippen molar-refractivity contribution in [1.29, 1.82) is 0 Å². The molecule has 0 aliphatic carbocycles. The monoisotopic (exact) mass is 310 g/mol. The third-order valence-electron chi connectivity index (χ3n) is 2.82. The first-order chi connectivity index (χ1) is 9.83. The number of aryl methyl sites for hydroxylation is 2. The maximum absolute atomic E-state index is 12.2. The first-order valence-electron chi connectivity index (χ1n) is 5.98. The number of hydrogen-bond donors (Lipinski definition) is 1. The zero-order valence-corrected chi connectivity index (χ0v) is 12.5. The van der Waals surface area contributed by atoms with Gasteiger partial charge in [0.15, 0.2) is 0 Å². The Morgan fingerprint density at radius 3 is 2.62 bits per heavy atom. The quantitative estimate of drug-likeness (QED) is 0.866. The Labute approximate surface area is 122 Å². The van der Waals surface area contributed by atoms with E-state index < -0.39 is 16.0 Å². The average Bonchev–Trinajstić information content (AvgIpc) is 2.75. The van der Waals surface area contributed by atoms with Crippen LogP contribution in [0.1, 0.15) is 21.8 Å². The van der Waals surface area contributed by atoms with Crippen molar-refractivity contribution in [1.82, 2.24) is 4.98 Å². The first kappa shape index (κ1) is 15.0. The molecular formula is C13H14N2O5S. The summed E-state index contributed by atoms with van der Waals surface area (Å²) in [6.45, 7) is 3.38. The lowest BCUT2D eigenvalue weighted by Crippen LogP contribution is -2.14. The van der Waals surface area contributed by atoms with Gasteiger partial charge < -0.3 is 9.15 Å². The molecule has 0 aliphatic rings. The molecule has 7 nitrogen and oxygen atoms in total. The van der Waals surface area contributed by atoms with Gasteiger partial charge >= 0.3 is 12.0 Å². The smallest absolute Gasteiger partial charge is 0.337 e. The molecule has 2 aromatic rings. The molecule has 1 N–H and O–H groups in total. The molecule has 2 rings (SSSR count). The van der Waals surface area contributed by atoms with Crippen LogP contribution in [0, 0.1) is 13.8 Å². The maximum atomic E-state index is 12.2. The van der Waals surface area contributed by atoms with Crippen molar-refractivity contribution in [2.75, 3.05) is 11.8 Å². The maximum Gasteiger partial charge on any atom is 0.337 e. The van der Waals surface area contributed by atoms with Gasteiger partial charge in [-0.25, -0.2) is 17.9 Å². The van der Waals surface area contributed by atoms with Gasteiger partial charge in [0.2, 0.25) is 0 Å². The van der Waals surface area contributed by atoms with Gasteiger partial charge in [0.25, 0.3) is 10.0 Å². The molecule has 0 spiro atoms. The van der Waals surface area contributed by atoms with Crippen LogP contribution in [0.4, 0.5) is 6.01 Å². The second-order valence-corrected chi connectivity index (χ2v) is 5.97. The van der Waals surface area contributed by atoms with E-state index in [2.05, 4.69) is 14.4 Å². The van der Waals surface area contributed by atoms with Crippen LogP contribution in [0.2, 0.25) is 0 Å². The molecule has 0 fully saturated rings. The SMILES string of the molecule is COC(=O)c1cccc(S(=O)(=O)Nc2nc(C)c(C)o2)c1. The number of aromatic nitrogens is 1. The van der Waals surface area contributed by atoms with Crippen molar-refractivity contribution in [2.24, 2.45) is 0 Å². The summed E-state index contributed by atoms with van der Waals surface area (Å²) >= 11 is 0. The lowest BCUT2D eigenvalue weighted by molar-refractivity contribution is 0.0600. The number of sulfonamides is 1.